The average molecular weight is 246 g/mol. The van der Waals surface area contributed by atoms with Gasteiger partial charge in [0.1, 0.15) is 0 Å². The summed E-state index contributed by atoms with van der Waals surface area (Å²) in [5.41, 5.74) is 1.34. The molecule has 0 amide bonds. The number of aliphatic hydroxyl groups excluding tert-OH is 1. The molecule has 1 aliphatic rings. The molecule has 1 unspecified atom stereocenters. The van der Waals surface area contributed by atoms with E-state index < -0.39 is 0 Å². The Bertz CT molecular complexity index is 314. The highest BCUT2D eigenvalue weighted by atomic mass is 16.3. The van der Waals surface area contributed by atoms with E-state index in [9.17, 15) is 5.11 Å². The second-order valence-corrected chi connectivity index (χ2v) is 5.76. The molecule has 1 heteroatoms. The van der Waals surface area contributed by atoms with Gasteiger partial charge in [-0.3, -0.25) is 0 Å². The summed E-state index contributed by atoms with van der Waals surface area (Å²) in [5.74, 6) is 0.894. The first-order chi connectivity index (χ1) is 8.84. The van der Waals surface area contributed by atoms with Crippen molar-refractivity contribution >= 4 is 0 Å². The maximum atomic E-state index is 10.0. The molecule has 0 aliphatic heterocycles. The summed E-state index contributed by atoms with van der Waals surface area (Å²) in [4.78, 5) is 0. The highest BCUT2D eigenvalue weighted by molar-refractivity contribution is 5.14. The third-order valence-corrected chi connectivity index (χ3v) is 4.24. The molecule has 0 saturated heterocycles. The van der Waals surface area contributed by atoms with Gasteiger partial charge in [0.25, 0.3) is 0 Å². The van der Waals surface area contributed by atoms with Crippen molar-refractivity contribution in [3.8, 4) is 0 Å². The summed E-state index contributed by atoms with van der Waals surface area (Å²) in [6.45, 7) is 0. The molecular weight excluding hydrogens is 220 g/mol. The Labute approximate surface area is 111 Å². The minimum absolute atomic E-state index is 0.105. The topological polar surface area (TPSA) is 20.2 Å². The molecule has 0 radical (unpaired) electrons. The normalized spacial score (nSPS) is 18.7. The second-order valence-electron chi connectivity index (χ2n) is 5.76. The van der Waals surface area contributed by atoms with Crippen LogP contribution in [0.5, 0.6) is 0 Å². The number of hydrogen-bond donors (Lipinski definition) is 1. The zero-order chi connectivity index (χ0) is 12.6. The monoisotopic (exact) mass is 246 g/mol. The number of benzene rings is 1. The predicted molar refractivity (Wildman–Crippen MR) is 76.6 cm³/mol. The van der Waals surface area contributed by atoms with E-state index in [1.807, 2.05) is 6.07 Å². The number of aliphatic hydroxyl groups is 1. The van der Waals surface area contributed by atoms with Crippen molar-refractivity contribution in [1.82, 2.24) is 0 Å². The Kier molecular flexibility index (Phi) is 5.73. The van der Waals surface area contributed by atoms with E-state index >= 15 is 0 Å². The van der Waals surface area contributed by atoms with Crippen molar-refractivity contribution in [2.45, 2.75) is 63.9 Å². The van der Waals surface area contributed by atoms with E-state index in [0.29, 0.717) is 0 Å². The predicted octanol–water partition coefficient (Wildman–Crippen LogP) is 4.34. The maximum absolute atomic E-state index is 10.0. The minimum Gasteiger partial charge on any atom is -0.393 e. The van der Waals surface area contributed by atoms with Crippen molar-refractivity contribution in [3.05, 3.63) is 35.9 Å². The van der Waals surface area contributed by atoms with Gasteiger partial charge < -0.3 is 5.11 Å². The fraction of sp³-hybridized carbons (Fsp3) is 0.647. The summed E-state index contributed by atoms with van der Waals surface area (Å²) in [6, 6.07) is 10.5. The van der Waals surface area contributed by atoms with E-state index in [2.05, 4.69) is 24.3 Å². The van der Waals surface area contributed by atoms with E-state index in [1.54, 1.807) is 0 Å². The first-order valence-electron chi connectivity index (χ1n) is 7.56. The highest BCUT2D eigenvalue weighted by Crippen LogP contribution is 2.28. The van der Waals surface area contributed by atoms with Crippen molar-refractivity contribution in [2.24, 2.45) is 5.92 Å². The molecule has 1 aliphatic carbocycles. The van der Waals surface area contributed by atoms with Crippen LogP contribution in [0, 0.1) is 5.92 Å². The van der Waals surface area contributed by atoms with Crippen LogP contribution in [0.3, 0.4) is 0 Å². The minimum atomic E-state index is -0.105. The largest absolute Gasteiger partial charge is 0.393 e. The molecule has 0 aromatic heterocycles. The van der Waals surface area contributed by atoms with E-state index in [0.717, 1.165) is 25.2 Å². The van der Waals surface area contributed by atoms with Gasteiger partial charge in [-0.2, -0.15) is 0 Å². The van der Waals surface area contributed by atoms with E-state index in [1.165, 1.54) is 44.1 Å². The molecule has 1 N–H and O–H groups in total. The van der Waals surface area contributed by atoms with Crippen LogP contribution >= 0.6 is 0 Å². The summed E-state index contributed by atoms with van der Waals surface area (Å²) >= 11 is 0. The van der Waals surface area contributed by atoms with Crippen LogP contribution in [0.2, 0.25) is 0 Å². The molecule has 1 fully saturated rings. The smallest absolute Gasteiger partial charge is 0.0543 e. The molecule has 18 heavy (non-hydrogen) atoms. The van der Waals surface area contributed by atoms with Crippen LogP contribution in [0.1, 0.15) is 56.9 Å². The van der Waals surface area contributed by atoms with Gasteiger partial charge in [0, 0.05) is 0 Å². The highest BCUT2D eigenvalue weighted by Gasteiger charge is 2.15. The number of hydrogen-bond acceptors (Lipinski definition) is 1. The van der Waals surface area contributed by atoms with Gasteiger partial charge in [-0.1, -0.05) is 62.4 Å². The standard InChI is InChI=1S/C17H26O/c18-17(13-11-15-7-3-1-4-8-15)14-12-16-9-5-2-6-10-16/h1,3-4,7-8,16-18H,2,5-6,9-14H2. The van der Waals surface area contributed by atoms with Gasteiger partial charge in [-0.25, -0.2) is 0 Å². The van der Waals surface area contributed by atoms with Crippen molar-refractivity contribution in [2.75, 3.05) is 0 Å². The zero-order valence-electron chi connectivity index (χ0n) is 11.4. The second kappa shape index (κ2) is 7.58. The molecular formula is C17H26O. The summed E-state index contributed by atoms with van der Waals surface area (Å²) in [5, 5.41) is 10.0. The van der Waals surface area contributed by atoms with Crippen molar-refractivity contribution in [3.63, 3.8) is 0 Å². The lowest BCUT2D eigenvalue weighted by Crippen LogP contribution is -2.13. The zero-order valence-corrected chi connectivity index (χ0v) is 11.4. The quantitative estimate of drug-likeness (QED) is 0.791. The molecule has 0 heterocycles. The lowest BCUT2D eigenvalue weighted by atomic mass is 9.85. The molecule has 0 spiro atoms. The van der Waals surface area contributed by atoms with Gasteiger partial charge in [-0.15, -0.1) is 0 Å². The average Bonchev–Trinajstić information content (AvgIpc) is 2.45. The van der Waals surface area contributed by atoms with Crippen LogP contribution in [0.4, 0.5) is 0 Å². The van der Waals surface area contributed by atoms with Crippen molar-refractivity contribution < 1.29 is 5.11 Å². The van der Waals surface area contributed by atoms with Crippen LogP contribution in [0.15, 0.2) is 30.3 Å². The first-order valence-corrected chi connectivity index (χ1v) is 7.56. The van der Waals surface area contributed by atoms with Gasteiger partial charge in [0.15, 0.2) is 0 Å². The Morgan fingerprint density at radius 2 is 1.72 bits per heavy atom. The van der Waals surface area contributed by atoms with Gasteiger partial charge >= 0.3 is 0 Å². The van der Waals surface area contributed by atoms with Crippen molar-refractivity contribution in [1.29, 1.82) is 0 Å². The molecule has 1 aromatic rings. The molecule has 1 nitrogen and oxygen atoms in total. The fourth-order valence-electron chi connectivity index (χ4n) is 3.03. The van der Waals surface area contributed by atoms with Crippen LogP contribution in [0.25, 0.3) is 0 Å². The summed E-state index contributed by atoms with van der Waals surface area (Å²) < 4.78 is 0. The first kappa shape index (κ1) is 13.6. The number of rotatable bonds is 6. The molecule has 2 rings (SSSR count). The Hall–Kier alpha value is -0.820. The molecule has 100 valence electrons. The van der Waals surface area contributed by atoms with Gasteiger partial charge in [-0.05, 0) is 37.2 Å². The van der Waals surface area contributed by atoms with Crippen LogP contribution in [-0.4, -0.2) is 11.2 Å². The number of aryl methyl sites for hydroxylation is 1. The Morgan fingerprint density at radius 1 is 1.00 bits per heavy atom. The van der Waals surface area contributed by atoms with Crippen LogP contribution < -0.4 is 0 Å². The molecule has 1 saturated carbocycles. The summed E-state index contributed by atoms with van der Waals surface area (Å²) in [7, 11) is 0. The lowest BCUT2D eigenvalue weighted by molar-refractivity contribution is 0.140. The third kappa shape index (κ3) is 4.81. The lowest BCUT2D eigenvalue weighted by Gasteiger charge is -2.22. The molecule has 1 atom stereocenters. The van der Waals surface area contributed by atoms with E-state index in [4.69, 9.17) is 0 Å². The third-order valence-electron chi connectivity index (χ3n) is 4.24. The molecule has 0 bridgehead atoms. The van der Waals surface area contributed by atoms with E-state index in [-0.39, 0.29) is 6.10 Å². The SMILES string of the molecule is OC(CCc1ccccc1)CCC1CCCCC1. The fourth-order valence-corrected chi connectivity index (χ4v) is 3.03. The molecule has 1 aromatic carbocycles. The van der Waals surface area contributed by atoms with Gasteiger partial charge in [0.2, 0.25) is 0 Å². The summed E-state index contributed by atoms with van der Waals surface area (Å²) in [6.07, 6.45) is 11.1. The van der Waals surface area contributed by atoms with Crippen LogP contribution in [-0.2, 0) is 6.42 Å². The Balaban J connectivity index is 1.61. The maximum Gasteiger partial charge on any atom is 0.0543 e. The van der Waals surface area contributed by atoms with Gasteiger partial charge in [0.05, 0.1) is 6.10 Å². The Morgan fingerprint density at radius 3 is 2.44 bits per heavy atom.